The topological polar surface area (TPSA) is 12.9 Å². The first-order valence-corrected chi connectivity index (χ1v) is 7.01. The molecule has 0 aliphatic carbocycles. The first-order valence-electron chi connectivity index (χ1n) is 5.84. The molecule has 0 saturated heterocycles. The zero-order valence-corrected chi connectivity index (χ0v) is 12.9. The van der Waals surface area contributed by atoms with Crippen LogP contribution in [0.3, 0.4) is 0 Å². The second kappa shape index (κ2) is 5.14. The fourth-order valence-electron chi connectivity index (χ4n) is 2.02. The molecule has 0 unspecified atom stereocenters. The van der Waals surface area contributed by atoms with Gasteiger partial charge >= 0.3 is 0 Å². The molecule has 0 amide bonds. The molecule has 2 rings (SSSR count). The summed E-state index contributed by atoms with van der Waals surface area (Å²) in [6.45, 7) is 6.11. The predicted octanol–water partition coefficient (Wildman–Crippen LogP) is 5.30. The van der Waals surface area contributed by atoms with Gasteiger partial charge in [-0.25, -0.2) is 4.39 Å². The minimum absolute atomic E-state index is 0.305. The summed E-state index contributed by atoms with van der Waals surface area (Å²) >= 11 is 9.50. The molecule has 4 heteroatoms. The number of pyridine rings is 1. The Labute approximate surface area is 119 Å². The molecule has 0 fully saturated rings. The van der Waals surface area contributed by atoms with Gasteiger partial charge in [0.05, 0.1) is 15.0 Å². The van der Waals surface area contributed by atoms with Gasteiger partial charge in [0.25, 0.3) is 0 Å². The van der Waals surface area contributed by atoms with Crippen LogP contribution in [0, 0.1) is 18.7 Å². The van der Waals surface area contributed by atoms with E-state index in [1.54, 1.807) is 0 Å². The van der Waals surface area contributed by atoms with E-state index in [4.69, 9.17) is 11.6 Å². The van der Waals surface area contributed by atoms with E-state index in [1.165, 1.54) is 6.07 Å². The van der Waals surface area contributed by atoms with Crippen LogP contribution in [0.25, 0.3) is 10.9 Å². The lowest BCUT2D eigenvalue weighted by atomic mass is 10.0. The van der Waals surface area contributed by atoms with E-state index in [2.05, 4.69) is 34.8 Å². The molecule has 1 aromatic heterocycles. The predicted molar refractivity (Wildman–Crippen MR) is 77.7 cm³/mol. The average molecular weight is 331 g/mol. The lowest BCUT2D eigenvalue weighted by Gasteiger charge is -2.11. The summed E-state index contributed by atoms with van der Waals surface area (Å²) in [5.74, 6) is 0.204. The van der Waals surface area contributed by atoms with Crippen molar-refractivity contribution in [2.45, 2.75) is 27.2 Å². The summed E-state index contributed by atoms with van der Waals surface area (Å²) in [7, 11) is 0. The van der Waals surface area contributed by atoms with Gasteiger partial charge in [0.15, 0.2) is 0 Å². The number of fused-ring (bicyclic) bond motifs is 1. The van der Waals surface area contributed by atoms with Crippen LogP contribution in [-0.4, -0.2) is 4.98 Å². The van der Waals surface area contributed by atoms with Gasteiger partial charge in [-0.15, -0.1) is 0 Å². The minimum Gasteiger partial charge on any atom is -0.252 e. The minimum atomic E-state index is -0.305. The Balaban J connectivity index is 2.73. The monoisotopic (exact) mass is 329 g/mol. The van der Waals surface area contributed by atoms with Crippen LogP contribution >= 0.6 is 27.5 Å². The molecule has 0 radical (unpaired) electrons. The highest BCUT2D eigenvalue weighted by Gasteiger charge is 2.14. The van der Waals surface area contributed by atoms with Crippen molar-refractivity contribution in [2.24, 2.45) is 5.92 Å². The molecular weight excluding hydrogens is 317 g/mol. The lowest BCUT2D eigenvalue weighted by molar-refractivity contribution is 0.621. The van der Waals surface area contributed by atoms with Crippen molar-refractivity contribution >= 4 is 38.4 Å². The molecule has 96 valence electrons. The van der Waals surface area contributed by atoms with E-state index in [-0.39, 0.29) is 5.82 Å². The summed E-state index contributed by atoms with van der Waals surface area (Å²) in [4.78, 5) is 4.60. The Bertz CT molecular complexity index is 611. The largest absolute Gasteiger partial charge is 0.252 e. The highest BCUT2D eigenvalue weighted by molar-refractivity contribution is 9.10. The van der Waals surface area contributed by atoms with Crippen LogP contribution in [-0.2, 0) is 6.42 Å². The van der Waals surface area contributed by atoms with E-state index >= 15 is 0 Å². The van der Waals surface area contributed by atoms with Gasteiger partial charge in [-0.3, -0.25) is 4.98 Å². The number of benzene rings is 1. The Hall–Kier alpha value is -0.670. The molecule has 0 saturated carbocycles. The second-order valence-electron chi connectivity index (χ2n) is 4.91. The molecular formula is C14H14BrClFN. The summed E-state index contributed by atoms with van der Waals surface area (Å²) in [6.07, 6.45) is 0.865. The first-order chi connectivity index (χ1) is 8.40. The van der Waals surface area contributed by atoms with Crippen LogP contribution in [0.4, 0.5) is 4.39 Å². The number of nitrogens with zero attached hydrogens (tertiary/aromatic N) is 1. The van der Waals surface area contributed by atoms with Crippen LogP contribution in [0.5, 0.6) is 0 Å². The van der Waals surface area contributed by atoms with E-state index in [0.717, 1.165) is 23.2 Å². The molecule has 18 heavy (non-hydrogen) atoms. The van der Waals surface area contributed by atoms with Crippen LogP contribution in [0.1, 0.15) is 25.1 Å². The van der Waals surface area contributed by atoms with Crippen molar-refractivity contribution in [3.05, 3.63) is 38.7 Å². The average Bonchev–Trinajstić information content (AvgIpc) is 2.24. The highest BCUT2D eigenvalue weighted by Crippen LogP contribution is 2.34. The third-order valence-corrected chi connectivity index (χ3v) is 3.86. The number of rotatable bonds is 2. The Morgan fingerprint density at radius 3 is 2.67 bits per heavy atom. The van der Waals surface area contributed by atoms with E-state index in [1.807, 2.05) is 13.0 Å². The maximum Gasteiger partial charge on any atom is 0.138 e. The molecule has 0 bridgehead atoms. The van der Waals surface area contributed by atoms with Gasteiger partial charge in [0.1, 0.15) is 5.82 Å². The SMILES string of the molecule is Cc1cc(F)c(Br)c2c(Cl)cc(CC(C)C)nc12. The Morgan fingerprint density at radius 2 is 2.06 bits per heavy atom. The molecule has 0 aliphatic rings. The van der Waals surface area contributed by atoms with Crippen molar-refractivity contribution in [1.29, 1.82) is 0 Å². The number of hydrogen-bond acceptors (Lipinski definition) is 1. The van der Waals surface area contributed by atoms with Crippen molar-refractivity contribution < 1.29 is 4.39 Å². The highest BCUT2D eigenvalue weighted by atomic mass is 79.9. The fourth-order valence-corrected chi connectivity index (χ4v) is 2.96. The first kappa shape index (κ1) is 13.8. The number of aryl methyl sites for hydroxylation is 1. The van der Waals surface area contributed by atoms with Gasteiger partial charge < -0.3 is 0 Å². The Morgan fingerprint density at radius 1 is 1.39 bits per heavy atom. The van der Waals surface area contributed by atoms with Crippen LogP contribution < -0.4 is 0 Å². The quantitative estimate of drug-likeness (QED) is 0.728. The van der Waals surface area contributed by atoms with Gasteiger partial charge in [-0.1, -0.05) is 25.4 Å². The number of halogens is 3. The maximum absolute atomic E-state index is 13.7. The van der Waals surface area contributed by atoms with Gasteiger partial charge in [0.2, 0.25) is 0 Å². The lowest BCUT2D eigenvalue weighted by Crippen LogP contribution is -1.99. The van der Waals surface area contributed by atoms with Gasteiger partial charge in [0, 0.05) is 11.1 Å². The Kier molecular flexibility index (Phi) is 3.93. The van der Waals surface area contributed by atoms with Crippen LogP contribution in [0.2, 0.25) is 5.02 Å². The molecule has 0 atom stereocenters. The van der Waals surface area contributed by atoms with Crippen molar-refractivity contribution in [3.8, 4) is 0 Å². The standard InChI is InChI=1S/C14H14BrClFN/c1-7(2)4-9-6-10(16)12-13(15)11(17)5-8(3)14(12)18-9/h5-7H,4H2,1-3H3. The maximum atomic E-state index is 13.7. The summed E-state index contributed by atoms with van der Waals surface area (Å²) < 4.78 is 14.1. The van der Waals surface area contributed by atoms with E-state index in [0.29, 0.717) is 20.8 Å². The van der Waals surface area contributed by atoms with E-state index in [9.17, 15) is 4.39 Å². The van der Waals surface area contributed by atoms with Crippen LogP contribution in [0.15, 0.2) is 16.6 Å². The summed E-state index contributed by atoms with van der Waals surface area (Å²) in [5.41, 5.74) is 2.52. The molecule has 1 nitrogen and oxygen atoms in total. The van der Waals surface area contributed by atoms with Gasteiger partial charge in [-0.2, -0.15) is 0 Å². The molecule has 0 N–H and O–H groups in total. The molecule has 2 aromatic rings. The molecule has 0 aliphatic heterocycles. The third-order valence-electron chi connectivity index (χ3n) is 2.79. The smallest absolute Gasteiger partial charge is 0.138 e. The van der Waals surface area contributed by atoms with E-state index < -0.39 is 0 Å². The van der Waals surface area contributed by atoms with Crippen molar-refractivity contribution in [1.82, 2.24) is 4.98 Å². The molecule has 1 aromatic carbocycles. The fraction of sp³-hybridized carbons (Fsp3) is 0.357. The number of hydrogen-bond donors (Lipinski definition) is 0. The normalized spacial score (nSPS) is 11.5. The second-order valence-corrected chi connectivity index (χ2v) is 6.11. The zero-order valence-electron chi connectivity index (χ0n) is 10.5. The number of aromatic nitrogens is 1. The molecule has 0 spiro atoms. The zero-order chi connectivity index (χ0) is 13.4. The third kappa shape index (κ3) is 2.52. The van der Waals surface area contributed by atoms with Crippen molar-refractivity contribution in [2.75, 3.05) is 0 Å². The molecule has 1 heterocycles. The van der Waals surface area contributed by atoms with Crippen molar-refractivity contribution in [3.63, 3.8) is 0 Å². The van der Waals surface area contributed by atoms with Gasteiger partial charge in [-0.05, 0) is 52.9 Å². The summed E-state index contributed by atoms with van der Waals surface area (Å²) in [6, 6.07) is 3.31. The summed E-state index contributed by atoms with van der Waals surface area (Å²) in [5, 5.41) is 1.20.